The molecule has 4 nitrogen and oxygen atoms in total. The molecular formula is C13H26N2O2S. The van der Waals surface area contributed by atoms with Gasteiger partial charge in [0, 0.05) is 11.3 Å². The largest absolute Gasteiger partial charge is 0.394 e. The molecule has 0 radical (unpaired) electrons. The summed E-state index contributed by atoms with van der Waals surface area (Å²) in [7, 11) is 0. The van der Waals surface area contributed by atoms with E-state index in [0.29, 0.717) is 11.3 Å². The van der Waals surface area contributed by atoms with E-state index in [-0.39, 0.29) is 18.7 Å². The van der Waals surface area contributed by atoms with E-state index >= 15 is 0 Å². The maximum absolute atomic E-state index is 11.8. The molecule has 0 heterocycles. The summed E-state index contributed by atoms with van der Waals surface area (Å²) in [5.74, 6) is 1.14. The SMILES string of the molecule is CCSC1CCCC(NC(=O)NC(CC)CO)C1. The molecule has 3 unspecified atom stereocenters. The zero-order chi connectivity index (χ0) is 13.4. The summed E-state index contributed by atoms with van der Waals surface area (Å²) in [4.78, 5) is 11.8. The first-order chi connectivity index (χ1) is 8.69. The molecule has 0 aromatic carbocycles. The third-order valence-corrected chi connectivity index (χ3v) is 4.64. The third kappa shape index (κ3) is 5.48. The highest BCUT2D eigenvalue weighted by atomic mass is 32.2. The lowest BCUT2D eigenvalue weighted by Gasteiger charge is -2.29. The number of aliphatic hydroxyl groups excluding tert-OH is 1. The topological polar surface area (TPSA) is 61.4 Å². The smallest absolute Gasteiger partial charge is 0.315 e. The normalized spacial score (nSPS) is 25.5. The Hall–Kier alpha value is -0.420. The van der Waals surface area contributed by atoms with Crippen LogP contribution in [0.25, 0.3) is 0 Å². The van der Waals surface area contributed by atoms with Crippen molar-refractivity contribution in [2.45, 2.75) is 63.3 Å². The molecule has 106 valence electrons. The van der Waals surface area contributed by atoms with Crippen molar-refractivity contribution in [2.75, 3.05) is 12.4 Å². The van der Waals surface area contributed by atoms with Gasteiger partial charge in [0.2, 0.25) is 0 Å². The Morgan fingerprint density at radius 3 is 2.83 bits per heavy atom. The highest BCUT2D eigenvalue weighted by Crippen LogP contribution is 2.28. The molecule has 0 spiro atoms. The van der Waals surface area contributed by atoms with E-state index in [9.17, 15) is 4.79 Å². The second-order valence-corrected chi connectivity index (χ2v) is 6.42. The fourth-order valence-corrected chi connectivity index (χ4v) is 3.53. The van der Waals surface area contributed by atoms with Crippen molar-refractivity contribution in [1.82, 2.24) is 10.6 Å². The van der Waals surface area contributed by atoms with Crippen LogP contribution in [0.4, 0.5) is 4.79 Å². The van der Waals surface area contributed by atoms with E-state index in [1.807, 2.05) is 18.7 Å². The number of carbonyl (C=O) groups excluding carboxylic acids is 1. The van der Waals surface area contributed by atoms with Crippen LogP contribution in [-0.4, -0.2) is 40.8 Å². The van der Waals surface area contributed by atoms with Gasteiger partial charge in [-0.3, -0.25) is 0 Å². The Balaban J connectivity index is 2.30. The maximum Gasteiger partial charge on any atom is 0.315 e. The standard InChI is InChI=1S/C13H26N2O2S/c1-3-10(9-16)14-13(17)15-11-6-5-7-12(8-11)18-4-2/h10-12,16H,3-9H2,1-2H3,(H2,14,15,17). The summed E-state index contributed by atoms with van der Waals surface area (Å²) >= 11 is 1.99. The molecule has 1 aliphatic carbocycles. The predicted molar refractivity (Wildman–Crippen MR) is 77.0 cm³/mol. The molecule has 2 amide bonds. The van der Waals surface area contributed by atoms with E-state index in [4.69, 9.17) is 5.11 Å². The van der Waals surface area contributed by atoms with Crippen LogP contribution in [0.15, 0.2) is 0 Å². The molecule has 0 saturated heterocycles. The van der Waals surface area contributed by atoms with E-state index in [2.05, 4.69) is 17.6 Å². The Bertz CT molecular complexity index is 245. The van der Waals surface area contributed by atoms with Gasteiger partial charge in [-0.1, -0.05) is 20.3 Å². The van der Waals surface area contributed by atoms with Crippen LogP contribution in [0.3, 0.4) is 0 Å². The molecule has 0 bridgehead atoms. The lowest BCUT2D eigenvalue weighted by molar-refractivity contribution is 0.209. The summed E-state index contributed by atoms with van der Waals surface area (Å²) in [6.07, 6.45) is 5.36. The van der Waals surface area contributed by atoms with E-state index in [1.165, 1.54) is 12.8 Å². The lowest BCUT2D eigenvalue weighted by Crippen LogP contribution is -2.48. The summed E-state index contributed by atoms with van der Waals surface area (Å²) in [5.41, 5.74) is 0. The number of thioether (sulfide) groups is 1. The highest BCUT2D eigenvalue weighted by molar-refractivity contribution is 7.99. The first-order valence-corrected chi connectivity index (χ1v) is 8.03. The van der Waals surface area contributed by atoms with Crippen LogP contribution in [0.2, 0.25) is 0 Å². The summed E-state index contributed by atoms with van der Waals surface area (Å²) in [6, 6.07) is 0.0245. The van der Waals surface area contributed by atoms with Crippen molar-refractivity contribution >= 4 is 17.8 Å². The van der Waals surface area contributed by atoms with Gasteiger partial charge in [0.25, 0.3) is 0 Å². The first kappa shape index (κ1) is 15.6. The summed E-state index contributed by atoms with van der Waals surface area (Å²) < 4.78 is 0. The van der Waals surface area contributed by atoms with Crippen molar-refractivity contribution in [3.05, 3.63) is 0 Å². The minimum Gasteiger partial charge on any atom is -0.394 e. The molecule has 18 heavy (non-hydrogen) atoms. The molecule has 0 aliphatic heterocycles. The number of urea groups is 1. The number of hydrogen-bond acceptors (Lipinski definition) is 3. The van der Waals surface area contributed by atoms with E-state index < -0.39 is 0 Å². The Labute approximate surface area is 114 Å². The van der Waals surface area contributed by atoms with Crippen LogP contribution in [0.5, 0.6) is 0 Å². The van der Waals surface area contributed by atoms with Gasteiger partial charge < -0.3 is 15.7 Å². The fourth-order valence-electron chi connectivity index (χ4n) is 2.35. The second-order valence-electron chi connectivity index (χ2n) is 4.85. The number of carbonyl (C=O) groups is 1. The minimum absolute atomic E-state index is 0.00288. The number of aliphatic hydroxyl groups is 1. The average molecular weight is 274 g/mol. The van der Waals surface area contributed by atoms with Gasteiger partial charge in [0.15, 0.2) is 0 Å². The minimum atomic E-state index is -0.136. The Kier molecular flexibility index (Phi) is 7.51. The van der Waals surface area contributed by atoms with Crippen molar-refractivity contribution in [3.63, 3.8) is 0 Å². The van der Waals surface area contributed by atoms with Gasteiger partial charge in [-0.15, -0.1) is 0 Å². The number of nitrogens with one attached hydrogen (secondary N) is 2. The molecule has 1 saturated carbocycles. The highest BCUT2D eigenvalue weighted by Gasteiger charge is 2.23. The fraction of sp³-hybridized carbons (Fsp3) is 0.923. The molecule has 5 heteroatoms. The molecule has 1 fully saturated rings. The van der Waals surface area contributed by atoms with Crippen LogP contribution in [0.1, 0.15) is 46.0 Å². The second kappa shape index (κ2) is 8.64. The molecule has 3 N–H and O–H groups in total. The third-order valence-electron chi connectivity index (χ3n) is 3.41. The van der Waals surface area contributed by atoms with Crippen LogP contribution in [0, 0.1) is 0 Å². The molecule has 0 aromatic rings. The quantitative estimate of drug-likeness (QED) is 0.695. The first-order valence-electron chi connectivity index (χ1n) is 6.99. The molecule has 1 rings (SSSR count). The van der Waals surface area contributed by atoms with Crippen molar-refractivity contribution in [1.29, 1.82) is 0 Å². The van der Waals surface area contributed by atoms with Gasteiger partial charge in [-0.05, 0) is 31.4 Å². The average Bonchev–Trinajstić information content (AvgIpc) is 2.36. The van der Waals surface area contributed by atoms with Crippen LogP contribution >= 0.6 is 11.8 Å². The lowest BCUT2D eigenvalue weighted by atomic mass is 9.95. The monoisotopic (exact) mass is 274 g/mol. The van der Waals surface area contributed by atoms with Gasteiger partial charge in [-0.2, -0.15) is 11.8 Å². The van der Waals surface area contributed by atoms with Gasteiger partial charge in [0.1, 0.15) is 0 Å². The number of rotatable bonds is 6. The van der Waals surface area contributed by atoms with Gasteiger partial charge in [0.05, 0.1) is 12.6 Å². The van der Waals surface area contributed by atoms with Crippen molar-refractivity contribution < 1.29 is 9.90 Å². The van der Waals surface area contributed by atoms with E-state index in [1.54, 1.807) is 0 Å². The Morgan fingerprint density at radius 1 is 1.44 bits per heavy atom. The van der Waals surface area contributed by atoms with Gasteiger partial charge >= 0.3 is 6.03 Å². The number of hydrogen-bond donors (Lipinski definition) is 3. The predicted octanol–water partition coefficient (Wildman–Crippen LogP) is 2.12. The molecule has 3 atom stereocenters. The zero-order valence-electron chi connectivity index (χ0n) is 11.4. The zero-order valence-corrected chi connectivity index (χ0v) is 12.3. The van der Waals surface area contributed by atoms with Crippen LogP contribution < -0.4 is 10.6 Å². The number of amides is 2. The van der Waals surface area contributed by atoms with Crippen molar-refractivity contribution in [3.8, 4) is 0 Å². The van der Waals surface area contributed by atoms with Crippen molar-refractivity contribution in [2.24, 2.45) is 0 Å². The maximum atomic E-state index is 11.8. The molecular weight excluding hydrogens is 248 g/mol. The molecule has 1 aliphatic rings. The summed E-state index contributed by atoms with van der Waals surface area (Å²) in [6.45, 7) is 4.14. The summed E-state index contributed by atoms with van der Waals surface area (Å²) in [5, 5.41) is 15.6. The molecule has 0 aromatic heterocycles. The van der Waals surface area contributed by atoms with Gasteiger partial charge in [-0.25, -0.2) is 4.79 Å². The van der Waals surface area contributed by atoms with Crippen LogP contribution in [-0.2, 0) is 0 Å². The Morgan fingerprint density at radius 2 is 2.22 bits per heavy atom. The van der Waals surface area contributed by atoms with E-state index in [0.717, 1.165) is 25.0 Å².